The molecule has 1 N–H and O–H groups in total. The van der Waals surface area contributed by atoms with Gasteiger partial charge in [0.05, 0.1) is 0 Å². The Morgan fingerprint density at radius 3 is 2.40 bits per heavy atom. The highest BCUT2D eigenvalue weighted by Crippen LogP contribution is 2.21. The van der Waals surface area contributed by atoms with E-state index in [-0.39, 0.29) is 0 Å². The summed E-state index contributed by atoms with van der Waals surface area (Å²) in [5.41, 5.74) is 2.63. The number of nitrogens with zero attached hydrogens (tertiary/aromatic N) is 2. The second-order valence-corrected chi connectivity index (χ2v) is 6.15. The first kappa shape index (κ1) is 15.2. The zero-order valence-electron chi connectivity index (χ0n) is 13.4. The fourth-order valence-corrected chi connectivity index (χ4v) is 2.88. The van der Waals surface area contributed by atoms with E-state index < -0.39 is 0 Å². The molecule has 20 heavy (non-hydrogen) atoms. The molecule has 1 fully saturated rings. The Kier molecular flexibility index (Phi) is 5.30. The standard InChI is InChI=1S/C17H29N3/c1-5-15-11-13-20(12-10-14(2)18-15)17-8-6-16(7-9-17)19(3)4/h6-9,14-15,18H,5,10-13H2,1-4H3. The zero-order valence-corrected chi connectivity index (χ0v) is 13.4. The Hall–Kier alpha value is -1.22. The van der Waals surface area contributed by atoms with Gasteiger partial charge in [-0.15, -0.1) is 0 Å². The molecule has 0 bridgehead atoms. The lowest BCUT2D eigenvalue weighted by atomic mass is 10.1. The highest BCUT2D eigenvalue weighted by Gasteiger charge is 2.17. The van der Waals surface area contributed by atoms with E-state index in [9.17, 15) is 0 Å². The van der Waals surface area contributed by atoms with Crippen molar-refractivity contribution in [1.82, 2.24) is 5.32 Å². The maximum atomic E-state index is 3.73. The van der Waals surface area contributed by atoms with Crippen LogP contribution in [0, 0.1) is 0 Å². The van der Waals surface area contributed by atoms with E-state index >= 15 is 0 Å². The molecular formula is C17H29N3. The molecule has 2 atom stereocenters. The number of hydrogen-bond donors (Lipinski definition) is 1. The van der Waals surface area contributed by atoms with Crippen LogP contribution in [0.5, 0.6) is 0 Å². The molecule has 1 aliphatic rings. The number of nitrogens with one attached hydrogen (secondary N) is 1. The van der Waals surface area contributed by atoms with Gasteiger partial charge >= 0.3 is 0 Å². The minimum Gasteiger partial charge on any atom is -0.378 e. The molecule has 0 amide bonds. The van der Waals surface area contributed by atoms with Gasteiger partial charge in [-0.05, 0) is 50.5 Å². The molecule has 3 nitrogen and oxygen atoms in total. The maximum Gasteiger partial charge on any atom is 0.0367 e. The van der Waals surface area contributed by atoms with Crippen molar-refractivity contribution in [2.75, 3.05) is 37.0 Å². The van der Waals surface area contributed by atoms with E-state index in [1.54, 1.807) is 0 Å². The lowest BCUT2D eigenvalue weighted by Gasteiger charge is -2.33. The van der Waals surface area contributed by atoms with Gasteiger partial charge in [0.15, 0.2) is 0 Å². The van der Waals surface area contributed by atoms with Crippen LogP contribution in [0.25, 0.3) is 0 Å². The highest BCUT2D eigenvalue weighted by atomic mass is 15.1. The first-order chi connectivity index (χ1) is 9.60. The van der Waals surface area contributed by atoms with Crippen LogP contribution >= 0.6 is 0 Å². The van der Waals surface area contributed by atoms with Crippen LogP contribution in [0.2, 0.25) is 0 Å². The summed E-state index contributed by atoms with van der Waals surface area (Å²) < 4.78 is 0. The summed E-state index contributed by atoms with van der Waals surface area (Å²) in [6.45, 7) is 6.88. The Morgan fingerprint density at radius 2 is 1.80 bits per heavy atom. The van der Waals surface area contributed by atoms with Crippen LogP contribution < -0.4 is 15.1 Å². The fraction of sp³-hybridized carbons (Fsp3) is 0.647. The van der Waals surface area contributed by atoms with Gasteiger partial charge in [-0.3, -0.25) is 0 Å². The topological polar surface area (TPSA) is 18.5 Å². The average Bonchev–Trinajstić information content (AvgIpc) is 2.43. The predicted octanol–water partition coefficient (Wildman–Crippen LogP) is 3.11. The van der Waals surface area contributed by atoms with E-state index in [2.05, 4.69) is 67.3 Å². The quantitative estimate of drug-likeness (QED) is 0.914. The molecule has 0 aliphatic carbocycles. The van der Waals surface area contributed by atoms with E-state index in [4.69, 9.17) is 0 Å². The van der Waals surface area contributed by atoms with Crippen molar-refractivity contribution in [2.45, 2.75) is 45.2 Å². The van der Waals surface area contributed by atoms with Crippen molar-refractivity contribution in [3.63, 3.8) is 0 Å². The molecule has 112 valence electrons. The van der Waals surface area contributed by atoms with Gasteiger partial charge in [0.2, 0.25) is 0 Å². The summed E-state index contributed by atoms with van der Waals surface area (Å²) >= 11 is 0. The van der Waals surface area contributed by atoms with Crippen molar-refractivity contribution >= 4 is 11.4 Å². The minimum atomic E-state index is 0.615. The smallest absolute Gasteiger partial charge is 0.0367 e. The summed E-state index contributed by atoms with van der Waals surface area (Å²) in [6.07, 6.45) is 3.67. The van der Waals surface area contributed by atoms with Crippen molar-refractivity contribution < 1.29 is 0 Å². The van der Waals surface area contributed by atoms with Gasteiger partial charge in [0.1, 0.15) is 0 Å². The first-order valence-electron chi connectivity index (χ1n) is 7.88. The summed E-state index contributed by atoms with van der Waals surface area (Å²) in [6, 6.07) is 10.2. The van der Waals surface area contributed by atoms with Crippen LogP contribution in [0.3, 0.4) is 0 Å². The third-order valence-corrected chi connectivity index (χ3v) is 4.32. The van der Waals surface area contributed by atoms with Crippen LogP contribution in [-0.4, -0.2) is 39.3 Å². The van der Waals surface area contributed by atoms with Crippen molar-refractivity contribution in [3.8, 4) is 0 Å². The number of rotatable bonds is 3. The molecule has 0 spiro atoms. The third-order valence-electron chi connectivity index (χ3n) is 4.32. The molecular weight excluding hydrogens is 246 g/mol. The molecule has 2 rings (SSSR count). The van der Waals surface area contributed by atoms with Crippen LogP contribution in [0.4, 0.5) is 11.4 Å². The second-order valence-electron chi connectivity index (χ2n) is 6.15. The Morgan fingerprint density at radius 1 is 1.15 bits per heavy atom. The molecule has 1 aromatic rings. The molecule has 1 heterocycles. The molecule has 0 saturated carbocycles. The Labute approximate surface area is 124 Å². The van der Waals surface area contributed by atoms with Crippen LogP contribution in [0.15, 0.2) is 24.3 Å². The van der Waals surface area contributed by atoms with Crippen molar-refractivity contribution in [3.05, 3.63) is 24.3 Å². The van der Waals surface area contributed by atoms with Crippen molar-refractivity contribution in [2.24, 2.45) is 0 Å². The summed E-state index contributed by atoms with van der Waals surface area (Å²) in [7, 11) is 4.18. The van der Waals surface area contributed by atoms with Gasteiger partial charge in [-0.1, -0.05) is 6.92 Å². The number of anilines is 2. The minimum absolute atomic E-state index is 0.615. The molecule has 1 saturated heterocycles. The van der Waals surface area contributed by atoms with Gasteiger partial charge in [0.25, 0.3) is 0 Å². The van der Waals surface area contributed by atoms with E-state index in [0.717, 1.165) is 13.1 Å². The molecule has 1 aliphatic heterocycles. The van der Waals surface area contributed by atoms with Gasteiger partial charge in [-0.2, -0.15) is 0 Å². The average molecular weight is 275 g/mol. The van der Waals surface area contributed by atoms with E-state index in [1.165, 1.54) is 30.6 Å². The van der Waals surface area contributed by atoms with E-state index in [0.29, 0.717) is 12.1 Å². The van der Waals surface area contributed by atoms with Crippen LogP contribution in [-0.2, 0) is 0 Å². The SMILES string of the molecule is CCC1CCN(c2ccc(N(C)C)cc2)CCC(C)N1. The first-order valence-corrected chi connectivity index (χ1v) is 7.88. The Balaban J connectivity index is 2.06. The summed E-state index contributed by atoms with van der Waals surface area (Å²) in [4.78, 5) is 4.69. The summed E-state index contributed by atoms with van der Waals surface area (Å²) in [5, 5.41) is 3.73. The second kappa shape index (κ2) is 6.98. The summed E-state index contributed by atoms with van der Waals surface area (Å²) in [5.74, 6) is 0. The lowest BCUT2D eigenvalue weighted by Crippen LogP contribution is -2.44. The molecule has 3 heteroatoms. The van der Waals surface area contributed by atoms with Gasteiger partial charge < -0.3 is 15.1 Å². The molecule has 1 aromatic carbocycles. The fourth-order valence-electron chi connectivity index (χ4n) is 2.88. The number of benzene rings is 1. The van der Waals surface area contributed by atoms with Crippen molar-refractivity contribution in [1.29, 1.82) is 0 Å². The van der Waals surface area contributed by atoms with Crippen LogP contribution in [0.1, 0.15) is 33.1 Å². The van der Waals surface area contributed by atoms with E-state index in [1.807, 2.05) is 0 Å². The van der Waals surface area contributed by atoms with Gasteiger partial charge in [0, 0.05) is 50.6 Å². The molecule has 2 unspecified atom stereocenters. The Bertz CT molecular complexity index is 399. The number of hydrogen-bond acceptors (Lipinski definition) is 3. The molecule has 0 radical (unpaired) electrons. The monoisotopic (exact) mass is 275 g/mol. The highest BCUT2D eigenvalue weighted by molar-refractivity contribution is 5.55. The molecule has 0 aromatic heterocycles. The largest absolute Gasteiger partial charge is 0.378 e. The maximum absolute atomic E-state index is 3.73. The van der Waals surface area contributed by atoms with Gasteiger partial charge in [-0.25, -0.2) is 0 Å². The zero-order chi connectivity index (χ0) is 14.5. The lowest BCUT2D eigenvalue weighted by molar-refractivity contribution is 0.378. The third kappa shape index (κ3) is 3.89. The predicted molar refractivity (Wildman–Crippen MR) is 88.9 cm³/mol. The normalized spacial score (nSPS) is 24.1.